The lowest BCUT2D eigenvalue weighted by molar-refractivity contribution is -0.0652. The van der Waals surface area contributed by atoms with Gasteiger partial charge in [-0.25, -0.2) is 13.2 Å². The van der Waals surface area contributed by atoms with Gasteiger partial charge < -0.3 is 4.42 Å². The van der Waals surface area contributed by atoms with E-state index in [-0.39, 0.29) is 18.6 Å². The fourth-order valence-electron chi connectivity index (χ4n) is 1.68. The van der Waals surface area contributed by atoms with E-state index >= 15 is 0 Å². The summed E-state index contributed by atoms with van der Waals surface area (Å²) in [4.78, 5) is 11.0. The van der Waals surface area contributed by atoms with Crippen LogP contribution in [0.1, 0.15) is 18.6 Å². The van der Waals surface area contributed by atoms with Crippen LogP contribution in [0.2, 0.25) is 0 Å². The van der Waals surface area contributed by atoms with Gasteiger partial charge in [-0.15, -0.1) is 0 Å². The second-order valence-corrected chi connectivity index (χ2v) is 3.75. The standard InChI is InChI=1S/C10H9F3O2/c11-6-10(12,13)9(2-3-9)8-5-7(14)1-4-15-8/h1,4-5H,2-3,6H2. The Hall–Kier alpha value is -1.26. The molecule has 1 aliphatic carbocycles. The van der Waals surface area contributed by atoms with Gasteiger partial charge in [0, 0.05) is 12.1 Å². The average molecular weight is 218 g/mol. The first-order valence-electron chi connectivity index (χ1n) is 4.55. The van der Waals surface area contributed by atoms with Gasteiger partial charge in [-0.2, -0.15) is 0 Å². The molecule has 0 aromatic carbocycles. The van der Waals surface area contributed by atoms with Crippen LogP contribution >= 0.6 is 0 Å². The third-order valence-electron chi connectivity index (χ3n) is 2.79. The zero-order valence-electron chi connectivity index (χ0n) is 7.80. The molecule has 1 aromatic rings. The zero-order chi connectivity index (χ0) is 11.1. The molecule has 0 unspecified atom stereocenters. The van der Waals surface area contributed by atoms with Gasteiger partial charge in [-0.1, -0.05) is 0 Å². The van der Waals surface area contributed by atoms with Gasteiger partial charge in [0.1, 0.15) is 5.76 Å². The number of halogens is 3. The normalized spacial score (nSPS) is 18.9. The second-order valence-electron chi connectivity index (χ2n) is 3.75. The van der Waals surface area contributed by atoms with Crippen molar-refractivity contribution < 1.29 is 17.6 Å². The van der Waals surface area contributed by atoms with Crippen LogP contribution in [-0.4, -0.2) is 12.6 Å². The first kappa shape index (κ1) is 10.3. The predicted molar refractivity (Wildman–Crippen MR) is 46.8 cm³/mol. The summed E-state index contributed by atoms with van der Waals surface area (Å²) in [6.45, 7) is -1.73. The van der Waals surface area contributed by atoms with Crippen LogP contribution in [0.4, 0.5) is 13.2 Å². The molecule has 0 radical (unpaired) electrons. The molecule has 5 heteroatoms. The highest BCUT2D eigenvalue weighted by molar-refractivity contribution is 5.27. The van der Waals surface area contributed by atoms with Gasteiger partial charge in [-0.3, -0.25) is 4.79 Å². The number of hydrogen-bond donors (Lipinski definition) is 0. The van der Waals surface area contributed by atoms with E-state index in [0.717, 1.165) is 18.4 Å². The topological polar surface area (TPSA) is 30.2 Å². The molecule has 0 aliphatic heterocycles. The minimum absolute atomic E-state index is 0.113. The maximum absolute atomic E-state index is 13.3. The molecule has 82 valence electrons. The van der Waals surface area contributed by atoms with Gasteiger partial charge in [0.25, 0.3) is 5.92 Å². The van der Waals surface area contributed by atoms with E-state index in [1.807, 2.05) is 0 Å². The first-order chi connectivity index (χ1) is 7.02. The van der Waals surface area contributed by atoms with E-state index in [1.165, 1.54) is 0 Å². The molecule has 1 aromatic heterocycles. The summed E-state index contributed by atoms with van der Waals surface area (Å²) in [6.07, 6.45) is 1.36. The highest BCUT2D eigenvalue weighted by Gasteiger charge is 2.65. The number of rotatable bonds is 3. The largest absolute Gasteiger partial charge is 0.468 e. The number of hydrogen-bond acceptors (Lipinski definition) is 2. The average Bonchev–Trinajstić information content (AvgIpc) is 2.99. The van der Waals surface area contributed by atoms with Crippen molar-refractivity contribution in [2.24, 2.45) is 0 Å². The van der Waals surface area contributed by atoms with Crippen molar-refractivity contribution in [2.45, 2.75) is 24.2 Å². The molecule has 1 fully saturated rings. The lowest BCUT2D eigenvalue weighted by Gasteiger charge is -2.22. The summed E-state index contributed by atoms with van der Waals surface area (Å²) in [6, 6.07) is 2.14. The molecule has 0 spiro atoms. The third kappa shape index (κ3) is 1.46. The van der Waals surface area contributed by atoms with Crippen LogP contribution in [0, 0.1) is 0 Å². The highest BCUT2D eigenvalue weighted by atomic mass is 19.3. The maximum Gasteiger partial charge on any atom is 0.288 e. The van der Waals surface area contributed by atoms with Crippen molar-refractivity contribution in [3.8, 4) is 0 Å². The van der Waals surface area contributed by atoms with E-state index in [1.54, 1.807) is 0 Å². The van der Waals surface area contributed by atoms with Gasteiger partial charge in [0.2, 0.25) is 0 Å². The first-order valence-corrected chi connectivity index (χ1v) is 4.55. The minimum atomic E-state index is -3.45. The summed E-state index contributed by atoms with van der Waals surface area (Å²) < 4.78 is 43.6. The van der Waals surface area contributed by atoms with Gasteiger partial charge in [-0.05, 0) is 12.8 Å². The number of alkyl halides is 3. The molecule has 1 heterocycles. The van der Waals surface area contributed by atoms with Gasteiger partial charge in [0.05, 0.1) is 11.7 Å². The van der Waals surface area contributed by atoms with Crippen molar-refractivity contribution in [1.29, 1.82) is 0 Å². The molecule has 2 rings (SSSR count). The van der Waals surface area contributed by atoms with Crippen LogP contribution in [0.3, 0.4) is 0 Å². The Balaban J connectivity index is 2.43. The molecule has 0 atom stereocenters. The molecule has 0 amide bonds. The van der Waals surface area contributed by atoms with Crippen LogP contribution in [-0.2, 0) is 5.41 Å². The smallest absolute Gasteiger partial charge is 0.288 e. The quantitative estimate of drug-likeness (QED) is 0.779. The monoisotopic (exact) mass is 218 g/mol. The van der Waals surface area contributed by atoms with Crippen LogP contribution in [0.25, 0.3) is 0 Å². The fourth-order valence-corrected chi connectivity index (χ4v) is 1.68. The van der Waals surface area contributed by atoms with E-state index in [9.17, 15) is 18.0 Å². The fraction of sp³-hybridized carbons (Fsp3) is 0.500. The van der Waals surface area contributed by atoms with Crippen molar-refractivity contribution in [1.82, 2.24) is 0 Å². The molecular formula is C10H9F3O2. The Bertz CT molecular complexity index is 421. The van der Waals surface area contributed by atoms with E-state index in [2.05, 4.69) is 0 Å². The van der Waals surface area contributed by atoms with E-state index < -0.39 is 23.4 Å². The Morgan fingerprint density at radius 1 is 1.47 bits per heavy atom. The van der Waals surface area contributed by atoms with Crippen LogP contribution in [0.5, 0.6) is 0 Å². The van der Waals surface area contributed by atoms with Crippen molar-refractivity contribution in [3.63, 3.8) is 0 Å². The summed E-state index contributed by atoms with van der Waals surface area (Å²) in [7, 11) is 0. The van der Waals surface area contributed by atoms with Crippen molar-refractivity contribution in [2.75, 3.05) is 6.67 Å². The zero-order valence-corrected chi connectivity index (χ0v) is 7.80. The molecule has 0 bridgehead atoms. The molecule has 0 saturated heterocycles. The third-order valence-corrected chi connectivity index (χ3v) is 2.79. The van der Waals surface area contributed by atoms with Crippen molar-refractivity contribution >= 4 is 0 Å². The summed E-state index contributed by atoms with van der Waals surface area (Å²) >= 11 is 0. The molecule has 1 saturated carbocycles. The highest BCUT2D eigenvalue weighted by Crippen LogP contribution is 2.58. The summed E-state index contributed by atoms with van der Waals surface area (Å²) in [5.74, 6) is -3.57. The molecule has 15 heavy (non-hydrogen) atoms. The van der Waals surface area contributed by atoms with E-state index in [4.69, 9.17) is 4.42 Å². The van der Waals surface area contributed by atoms with E-state index in [0.29, 0.717) is 0 Å². The Kier molecular flexibility index (Phi) is 2.13. The lowest BCUT2D eigenvalue weighted by atomic mass is 9.95. The minimum Gasteiger partial charge on any atom is -0.468 e. The molecular weight excluding hydrogens is 209 g/mol. The summed E-state index contributed by atoms with van der Waals surface area (Å²) in [5, 5.41) is 0. The van der Waals surface area contributed by atoms with Gasteiger partial charge >= 0.3 is 0 Å². The SMILES string of the molecule is O=c1ccoc(C2(C(F)(F)CF)CC2)c1. The lowest BCUT2D eigenvalue weighted by Crippen LogP contribution is -2.36. The molecule has 2 nitrogen and oxygen atoms in total. The molecule has 0 N–H and O–H groups in total. The Morgan fingerprint density at radius 2 is 2.13 bits per heavy atom. The van der Waals surface area contributed by atoms with Gasteiger partial charge in [0.15, 0.2) is 12.1 Å². The Labute approximate surface area is 83.7 Å². The second kappa shape index (κ2) is 3.12. The predicted octanol–water partition coefficient (Wildman–Crippen LogP) is 2.28. The Morgan fingerprint density at radius 3 is 2.60 bits per heavy atom. The van der Waals surface area contributed by atoms with Crippen molar-refractivity contribution in [3.05, 3.63) is 34.4 Å². The van der Waals surface area contributed by atoms with Crippen LogP contribution in [0.15, 0.2) is 27.6 Å². The molecule has 1 aliphatic rings. The summed E-state index contributed by atoms with van der Waals surface area (Å²) in [5.41, 5.74) is -2.00. The van der Waals surface area contributed by atoms with Crippen LogP contribution < -0.4 is 5.43 Å². The maximum atomic E-state index is 13.3.